The Labute approximate surface area is 148 Å². The van der Waals surface area contributed by atoms with Crippen LogP contribution in [0, 0.1) is 6.92 Å². The lowest BCUT2D eigenvalue weighted by Crippen LogP contribution is -2.05. The lowest BCUT2D eigenvalue weighted by atomic mass is 9.99. The summed E-state index contributed by atoms with van der Waals surface area (Å²) >= 11 is 0. The number of ether oxygens (including phenoxy) is 2. The Bertz CT molecular complexity index is 810. The highest BCUT2D eigenvalue weighted by Gasteiger charge is 2.16. The molecule has 25 heavy (non-hydrogen) atoms. The van der Waals surface area contributed by atoms with Crippen LogP contribution in [0.1, 0.15) is 28.4 Å². The summed E-state index contributed by atoms with van der Waals surface area (Å²) in [6, 6.07) is 23.3. The van der Waals surface area contributed by atoms with Crippen LogP contribution in [-0.4, -0.2) is 12.2 Å². The van der Waals surface area contributed by atoms with Gasteiger partial charge in [0.15, 0.2) is 0 Å². The highest BCUT2D eigenvalue weighted by atomic mass is 16.5. The lowest BCUT2D eigenvalue weighted by Gasteiger charge is -2.18. The van der Waals surface area contributed by atoms with Gasteiger partial charge in [-0.25, -0.2) is 0 Å². The van der Waals surface area contributed by atoms with Gasteiger partial charge in [0.1, 0.15) is 24.2 Å². The van der Waals surface area contributed by atoms with Crippen molar-refractivity contribution in [1.29, 1.82) is 0 Å². The molecule has 0 heterocycles. The molecule has 1 atom stereocenters. The predicted molar refractivity (Wildman–Crippen MR) is 99.0 cm³/mol. The molecule has 3 heteroatoms. The number of benzene rings is 3. The van der Waals surface area contributed by atoms with Crippen LogP contribution in [0.15, 0.2) is 72.8 Å². The molecule has 3 nitrogen and oxygen atoms in total. The number of methoxy groups -OCH3 is 1. The number of hydrogen-bond donors (Lipinski definition) is 1. The van der Waals surface area contributed by atoms with Crippen molar-refractivity contribution >= 4 is 0 Å². The molecule has 0 bridgehead atoms. The second kappa shape index (κ2) is 7.86. The molecule has 0 saturated carbocycles. The number of aryl methyl sites for hydroxylation is 1. The van der Waals surface area contributed by atoms with Gasteiger partial charge in [-0.2, -0.15) is 0 Å². The zero-order valence-electron chi connectivity index (χ0n) is 14.5. The van der Waals surface area contributed by atoms with Crippen LogP contribution in [0.25, 0.3) is 0 Å². The van der Waals surface area contributed by atoms with Crippen molar-refractivity contribution in [2.45, 2.75) is 19.6 Å². The molecule has 0 aliphatic rings. The number of aliphatic hydroxyl groups excluding tert-OH is 1. The Balaban J connectivity index is 1.84. The summed E-state index contributed by atoms with van der Waals surface area (Å²) in [4.78, 5) is 0. The Morgan fingerprint density at radius 2 is 1.64 bits per heavy atom. The van der Waals surface area contributed by atoms with Gasteiger partial charge >= 0.3 is 0 Å². The average Bonchev–Trinajstić information content (AvgIpc) is 2.67. The van der Waals surface area contributed by atoms with Crippen LogP contribution in [0.5, 0.6) is 11.5 Å². The zero-order valence-corrected chi connectivity index (χ0v) is 14.5. The smallest absolute Gasteiger partial charge is 0.125 e. The third kappa shape index (κ3) is 4.20. The first-order valence-corrected chi connectivity index (χ1v) is 8.26. The van der Waals surface area contributed by atoms with Crippen LogP contribution in [0.4, 0.5) is 0 Å². The molecule has 1 unspecified atom stereocenters. The highest BCUT2D eigenvalue weighted by molar-refractivity contribution is 5.43. The van der Waals surface area contributed by atoms with Crippen molar-refractivity contribution in [3.05, 3.63) is 95.1 Å². The first kappa shape index (κ1) is 17.1. The second-order valence-electron chi connectivity index (χ2n) is 5.99. The van der Waals surface area contributed by atoms with E-state index < -0.39 is 6.10 Å². The maximum Gasteiger partial charge on any atom is 0.125 e. The predicted octanol–water partition coefficient (Wildman–Crippen LogP) is 4.66. The molecule has 3 aromatic carbocycles. The van der Waals surface area contributed by atoms with Gasteiger partial charge in [-0.05, 0) is 42.3 Å². The first-order valence-electron chi connectivity index (χ1n) is 8.26. The molecule has 0 spiro atoms. The monoisotopic (exact) mass is 334 g/mol. The summed E-state index contributed by atoms with van der Waals surface area (Å²) in [7, 11) is 1.63. The first-order chi connectivity index (χ1) is 12.2. The fraction of sp³-hybridized carbons (Fsp3) is 0.182. The molecule has 1 N–H and O–H groups in total. The topological polar surface area (TPSA) is 38.7 Å². The SMILES string of the molecule is COc1ccc(C(O)c2cc(C)ccc2OCc2ccccc2)cc1. The minimum atomic E-state index is -0.753. The van der Waals surface area contributed by atoms with E-state index in [9.17, 15) is 5.11 Å². The molecule has 3 aromatic rings. The second-order valence-corrected chi connectivity index (χ2v) is 5.99. The van der Waals surface area contributed by atoms with E-state index in [0.29, 0.717) is 12.4 Å². The number of aliphatic hydroxyl groups is 1. The summed E-state index contributed by atoms with van der Waals surface area (Å²) in [5.74, 6) is 1.46. The number of hydrogen-bond acceptors (Lipinski definition) is 3. The third-order valence-corrected chi connectivity index (χ3v) is 4.13. The molecule has 128 valence electrons. The van der Waals surface area contributed by atoms with Gasteiger partial charge in [-0.15, -0.1) is 0 Å². The van der Waals surface area contributed by atoms with Gasteiger partial charge in [0.2, 0.25) is 0 Å². The minimum Gasteiger partial charge on any atom is -0.497 e. The van der Waals surface area contributed by atoms with Crippen LogP contribution >= 0.6 is 0 Å². The summed E-state index contributed by atoms with van der Waals surface area (Å²) in [5.41, 5.74) is 3.74. The van der Waals surface area contributed by atoms with E-state index in [1.54, 1.807) is 7.11 Å². The Morgan fingerprint density at radius 3 is 2.32 bits per heavy atom. The standard InChI is InChI=1S/C22H22O3/c1-16-8-13-21(25-15-17-6-4-3-5-7-17)20(14-16)22(23)18-9-11-19(24-2)12-10-18/h3-14,22-23H,15H2,1-2H3. The molecule has 0 aliphatic carbocycles. The molecular formula is C22H22O3. The Hall–Kier alpha value is -2.78. The third-order valence-electron chi connectivity index (χ3n) is 4.13. The molecule has 0 aromatic heterocycles. The largest absolute Gasteiger partial charge is 0.497 e. The summed E-state index contributed by atoms with van der Waals surface area (Å²) < 4.78 is 11.2. The van der Waals surface area contributed by atoms with Gasteiger partial charge < -0.3 is 14.6 Å². The van der Waals surface area contributed by atoms with Crippen LogP contribution < -0.4 is 9.47 Å². The fourth-order valence-corrected chi connectivity index (χ4v) is 2.71. The van der Waals surface area contributed by atoms with Crippen LogP contribution in [0.2, 0.25) is 0 Å². The average molecular weight is 334 g/mol. The molecule has 0 fully saturated rings. The van der Waals surface area contributed by atoms with E-state index in [1.807, 2.05) is 79.7 Å². The van der Waals surface area contributed by atoms with E-state index in [-0.39, 0.29) is 0 Å². The molecule has 0 amide bonds. The maximum atomic E-state index is 10.8. The molecule has 0 aliphatic heterocycles. The van der Waals surface area contributed by atoms with E-state index in [2.05, 4.69) is 0 Å². The highest BCUT2D eigenvalue weighted by Crippen LogP contribution is 2.32. The van der Waals surface area contributed by atoms with Crippen molar-refractivity contribution < 1.29 is 14.6 Å². The zero-order chi connectivity index (χ0) is 17.6. The molecular weight excluding hydrogens is 312 g/mol. The fourth-order valence-electron chi connectivity index (χ4n) is 2.71. The van der Waals surface area contributed by atoms with Gasteiger partial charge in [0.05, 0.1) is 7.11 Å². The van der Waals surface area contributed by atoms with E-state index in [4.69, 9.17) is 9.47 Å². The van der Waals surface area contributed by atoms with Gasteiger partial charge in [-0.3, -0.25) is 0 Å². The summed E-state index contributed by atoms with van der Waals surface area (Å²) in [6.07, 6.45) is -0.753. The lowest BCUT2D eigenvalue weighted by molar-refractivity contribution is 0.209. The van der Waals surface area contributed by atoms with E-state index >= 15 is 0 Å². The summed E-state index contributed by atoms with van der Waals surface area (Å²) in [6.45, 7) is 2.47. The molecule has 0 radical (unpaired) electrons. The van der Waals surface area contributed by atoms with E-state index in [1.165, 1.54) is 0 Å². The normalized spacial score (nSPS) is 11.8. The Morgan fingerprint density at radius 1 is 0.920 bits per heavy atom. The van der Waals surface area contributed by atoms with Gasteiger partial charge in [0.25, 0.3) is 0 Å². The van der Waals surface area contributed by atoms with E-state index in [0.717, 1.165) is 28.0 Å². The van der Waals surface area contributed by atoms with Crippen molar-refractivity contribution in [3.63, 3.8) is 0 Å². The number of rotatable bonds is 6. The van der Waals surface area contributed by atoms with Crippen molar-refractivity contribution in [1.82, 2.24) is 0 Å². The molecule has 3 rings (SSSR count). The van der Waals surface area contributed by atoms with Crippen molar-refractivity contribution in [2.24, 2.45) is 0 Å². The van der Waals surface area contributed by atoms with Crippen molar-refractivity contribution in [3.8, 4) is 11.5 Å². The van der Waals surface area contributed by atoms with Crippen LogP contribution in [-0.2, 0) is 6.61 Å². The maximum absolute atomic E-state index is 10.8. The summed E-state index contributed by atoms with van der Waals surface area (Å²) in [5, 5.41) is 10.8. The van der Waals surface area contributed by atoms with Gasteiger partial charge in [0, 0.05) is 5.56 Å². The Kier molecular flexibility index (Phi) is 5.36. The van der Waals surface area contributed by atoms with Crippen molar-refractivity contribution in [2.75, 3.05) is 7.11 Å². The van der Waals surface area contributed by atoms with Crippen LogP contribution in [0.3, 0.4) is 0 Å². The van der Waals surface area contributed by atoms with Gasteiger partial charge in [-0.1, -0.05) is 54.1 Å². The quantitative estimate of drug-likeness (QED) is 0.712. The molecule has 0 saturated heterocycles. The minimum absolute atomic E-state index is 0.465.